The van der Waals surface area contributed by atoms with E-state index in [1.54, 1.807) is 0 Å². The van der Waals surface area contributed by atoms with Gasteiger partial charge in [-0.1, -0.05) is 15.9 Å². The van der Waals surface area contributed by atoms with Crippen LogP contribution in [0.5, 0.6) is 0 Å². The fraction of sp³-hybridized carbons (Fsp3) is 0.556. The summed E-state index contributed by atoms with van der Waals surface area (Å²) in [4.78, 5) is 0. The van der Waals surface area contributed by atoms with E-state index in [4.69, 9.17) is 0 Å². The van der Waals surface area contributed by atoms with Gasteiger partial charge in [0.15, 0.2) is 0 Å². The highest BCUT2D eigenvalue weighted by Crippen LogP contribution is 2.26. The molecule has 1 aliphatic rings. The van der Waals surface area contributed by atoms with Crippen molar-refractivity contribution in [1.29, 1.82) is 0 Å². The monoisotopic (exact) mass is 213 g/mol. The van der Waals surface area contributed by atoms with Crippen LogP contribution < -0.4 is 0 Å². The molecule has 1 aromatic rings. The third kappa shape index (κ3) is 1.24. The summed E-state index contributed by atoms with van der Waals surface area (Å²) in [7, 11) is 0. The highest BCUT2D eigenvalue weighted by atomic mass is 79.9. The van der Waals surface area contributed by atoms with E-state index in [1.807, 2.05) is 0 Å². The second kappa shape index (κ2) is 3.02. The van der Waals surface area contributed by atoms with Crippen LogP contribution in [0.1, 0.15) is 24.6 Å². The number of halogens is 1. The second-order valence-corrected chi connectivity index (χ2v) is 3.75. The van der Waals surface area contributed by atoms with E-state index in [0.717, 1.165) is 5.33 Å². The van der Waals surface area contributed by atoms with Gasteiger partial charge in [-0.2, -0.15) is 0 Å². The van der Waals surface area contributed by atoms with E-state index in [-0.39, 0.29) is 0 Å². The van der Waals surface area contributed by atoms with Crippen LogP contribution in [0.25, 0.3) is 0 Å². The summed E-state index contributed by atoms with van der Waals surface area (Å²) in [5.41, 5.74) is 1.50. The van der Waals surface area contributed by atoms with E-state index in [2.05, 4.69) is 38.8 Å². The second-order valence-electron chi connectivity index (χ2n) is 3.11. The van der Waals surface area contributed by atoms with Crippen molar-refractivity contribution in [2.24, 2.45) is 0 Å². The van der Waals surface area contributed by atoms with Gasteiger partial charge >= 0.3 is 0 Å². The summed E-state index contributed by atoms with van der Waals surface area (Å²) in [5, 5.41) is 1.09. The molecule has 1 unspecified atom stereocenters. The van der Waals surface area contributed by atoms with Crippen LogP contribution in [-0.4, -0.2) is 9.90 Å². The molecule has 0 radical (unpaired) electrons. The van der Waals surface area contributed by atoms with Gasteiger partial charge < -0.3 is 4.57 Å². The van der Waals surface area contributed by atoms with Gasteiger partial charge in [-0.3, -0.25) is 0 Å². The van der Waals surface area contributed by atoms with Crippen LogP contribution in [0.2, 0.25) is 0 Å². The van der Waals surface area contributed by atoms with Crippen molar-refractivity contribution in [2.75, 3.05) is 5.33 Å². The Morgan fingerprint density at radius 2 is 2.55 bits per heavy atom. The van der Waals surface area contributed by atoms with Crippen molar-refractivity contribution in [3.63, 3.8) is 0 Å². The number of nitrogens with zero attached hydrogens (tertiary/aromatic N) is 1. The molecule has 0 saturated heterocycles. The van der Waals surface area contributed by atoms with E-state index in [9.17, 15) is 0 Å². The molecular weight excluding hydrogens is 202 g/mol. The van der Waals surface area contributed by atoms with E-state index in [0.29, 0.717) is 6.04 Å². The zero-order valence-corrected chi connectivity index (χ0v) is 8.05. The minimum absolute atomic E-state index is 0.703. The molecule has 1 aliphatic heterocycles. The molecule has 2 rings (SSSR count). The van der Waals surface area contributed by atoms with Crippen molar-refractivity contribution < 1.29 is 0 Å². The first kappa shape index (κ1) is 7.41. The molecule has 2 heteroatoms. The van der Waals surface area contributed by atoms with Crippen LogP contribution in [0, 0.1) is 0 Å². The Balaban J connectivity index is 2.32. The topological polar surface area (TPSA) is 4.93 Å². The van der Waals surface area contributed by atoms with Gasteiger partial charge in [-0.25, -0.2) is 0 Å². The first-order chi connectivity index (χ1) is 5.42. The number of aryl methyl sites for hydroxylation is 1. The zero-order chi connectivity index (χ0) is 7.68. The van der Waals surface area contributed by atoms with Crippen molar-refractivity contribution in [3.05, 3.63) is 24.0 Å². The smallest absolute Gasteiger partial charge is 0.0430 e. The fourth-order valence-corrected chi connectivity index (χ4v) is 2.44. The molecule has 0 aliphatic carbocycles. The Kier molecular flexibility index (Phi) is 2.03. The lowest BCUT2D eigenvalue weighted by Crippen LogP contribution is -2.17. The van der Waals surface area contributed by atoms with Crippen LogP contribution in [-0.2, 0) is 6.42 Å². The highest BCUT2D eigenvalue weighted by Gasteiger charge is 2.16. The molecule has 1 aromatic heterocycles. The molecule has 11 heavy (non-hydrogen) atoms. The molecule has 2 heterocycles. The van der Waals surface area contributed by atoms with Crippen molar-refractivity contribution in [1.82, 2.24) is 4.57 Å². The largest absolute Gasteiger partial charge is 0.348 e. The Hall–Kier alpha value is -0.240. The summed E-state index contributed by atoms with van der Waals surface area (Å²) in [6.45, 7) is 0. The average molecular weight is 214 g/mol. The molecule has 1 nitrogen and oxygen atoms in total. The number of hydrogen-bond acceptors (Lipinski definition) is 0. The maximum Gasteiger partial charge on any atom is 0.0430 e. The number of fused-ring (bicyclic) bond motifs is 1. The molecule has 0 aromatic carbocycles. The molecule has 0 saturated carbocycles. The van der Waals surface area contributed by atoms with Gasteiger partial charge in [0, 0.05) is 23.3 Å². The van der Waals surface area contributed by atoms with Gasteiger partial charge in [0.25, 0.3) is 0 Å². The molecule has 0 spiro atoms. The molecule has 60 valence electrons. The summed E-state index contributed by atoms with van der Waals surface area (Å²) >= 11 is 3.54. The van der Waals surface area contributed by atoms with Gasteiger partial charge in [0.1, 0.15) is 0 Å². The summed E-state index contributed by atoms with van der Waals surface area (Å²) in [6.07, 6.45) is 6.13. The van der Waals surface area contributed by atoms with Crippen molar-refractivity contribution in [2.45, 2.75) is 25.3 Å². The Morgan fingerprint density at radius 3 is 3.36 bits per heavy atom. The Labute approximate surface area is 75.5 Å². The fourth-order valence-electron chi connectivity index (χ4n) is 1.81. The summed E-state index contributed by atoms with van der Waals surface area (Å²) in [6, 6.07) is 5.08. The summed E-state index contributed by atoms with van der Waals surface area (Å²) < 4.78 is 2.40. The van der Waals surface area contributed by atoms with Crippen LogP contribution >= 0.6 is 15.9 Å². The number of alkyl halides is 1. The number of aromatic nitrogens is 1. The molecular formula is C9H12BrN. The van der Waals surface area contributed by atoms with Crippen LogP contribution in [0.4, 0.5) is 0 Å². The lowest BCUT2D eigenvalue weighted by molar-refractivity contribution is 0.441. The van der Waals surface area contributed by atoms with E-state index < -0.39 is 0 Å². The average Bonchev–Trinajstić information content (AvgIpc) is 2.50. The van der Waals surface area contributed by atoms with E-state index >= 15 is 0 Å². The first-order valence-corrected chi connectivity index (χ1v) is 5.25. The lowest BCUT2D eigenvalue weighted by atomic mass is 10.0. The van der Waals surface area contributed by atoms with E-state index in [1.165, 1.54) is 25.0 Å². The minimum Gasteiger partial charge on any atom is -0.348 e. The van der Waals surface area contributed by atoms with Crippen LogP contribution in [0.15, 0.2) is 18.3 Å². The van der Waals surface area contributed by atoms with Gasteiger partial charge in [0.05, 0.1) is 0 Å². The Morgan fingerprint density at radius 1 is 1.64 bits per heavy atom. The maximum atomic E-state index is 3.54. The minimum atomic E-state index is 0.703. The lowest BCUT2D eigenvalue weighted by Gasteiger charge is -2.24. The van der Waals surface area contributed by atoms with Gasteiger partial charge in [-0.05, 0) is 31.4 Å². The summed E-state index contributed by atoms with van der Waals surface area (Å²) in [5.74, 6) is 0. The van der Waals surface area contributed by atoms with Crippen molar-refractivity contribution >= 4 is 15.9 Å². The number of hydrogen-bond donors (Lipinski definition) is 0. The van der Waals surface area contributed by atoms with Crippen LogP contribution in [0.3, 0.4) is 0 Å². The third-order valence-corrected chi connectivity index (χ3v) is 3.16. The first-order valence-electron chi connectivity index (χ1n) is 4.13. The normalized spacial score (nSPS) is 23.2. The Bertz CT molecular complexity index is 241. The SMILES string of the molecule is BrCC1CCCc2cccn21. The highest BCUT2D eigenvalue weighted by molar-refractivity contribution is 9.09. The quantitative estimate of drug-likeness (QED) is 0.633. The molecule has 0 bridgehead atoms. The predicted molar refractivity (Wildman–Crippen MR) is 50.2 cm³/mol. The molecule has 0 fully saturated rings. The standard InChI is InChI=1S/C9H12BrN/c10-7-9-4-1-3-8-5-2-6-11(8)9/h2,5-6,9H,1,3-4,7H2. The maximum absolute atomic E-state index is 3.54. The molecule has 1 atom stereocenters. The predicted octanol–water partition coefficient (Wildman–Crippen LogP) is 2.76. The number of rotatable bonds is 1. The van der Waals surface area contributed by atoms with Gasteiger partial charge in [0.2, 0.25) is 0 Å². The zero-order valence-electron chi connectivity index (χ0n) is 6.46. The molecule has 0 amide bonds. The third-order valence-electron chi connectivity index (χ3n) is 2.41. The molecule has 0 N–H and O–H groups in total. The van der Waals surface area contributed by atoms with Gasteiger partial charge in [-0.15, -0.1) is 0 Å². The van der Waals surface area contributed by atoms with Crippen molar-refractivity contribution in [3.8, 4) is 0 Å².